The lowest BCUT2D eigenvalue weighted by atomic mass is 9.57. The van der Waals surface area contributed by atoms with Gasteiger partial charge in [-0.15, -0.1) is 0 Å². The molecule has 5 rings (SSSR count). The standard InChI is InChI=1S/C26H26N4O8/c1-29(2)20-14-8-11-7-13-12(16(32)9-30-6-5-28-10-30)3-4-15(31)18(13)21(33)17(11)23(35)26(14,38)24(36)19(22(20)34)25(27)37/h3-6,10-11,14,20,31,33,36,38H,7-9H2,1-2H3,(H2,27,37)/t11-,14-,20-,26-/m0/s1. The summed E-state index contributed by atoms with van der Waals surface area (Å²) >= 11 is 0. The Morgan fingerprint density at radius 3 is 2.53 bits per heavy atom. The maximum absolute atomic E-state index is 13.8. The van der Waals surface area contributed by atoms with Crippen LogP contribution in [0, 0.1) is 11.8 Å². The molecule has 2 aromatic rings. The Balaban J connectivity index is 1.68. The lowest BCUT2D eigenvalue weighted by Gasteiger charge is -2.50. The predicted octanol–water partition coefficient (Wildman–Crippen LogP) is 0.0434. The summed E-state index contributed by atoms with van der Waals surface area (Å²) in [6, 6.07) is 1.48. The van der Waals surface area contributed by atoms with Gasteiger partial charge >= 0.3 is 0 Å². The normalized spacial score (nSPS) is 26.8. The van der Waals surface area contributed by atoms with Gasteiger partial charge in [-0.25, -0.2) is 4.98 Å². The van der Waals surface area contributed by atoms with Crippen molar-refractivity contribution in [3.05, 3.63) is 64.4 Å². The minimum atomic E-state index is -2.71. The first kappa shape index (κ1) is 25.4. The van der Waals surface area contributed by atoms with Gasteiger partial charge in [-0.3, -0.25) is 24.1 Å². The average molecular weight is 523 g/mol. The fraction of sp³-hybridized carbons (Fsp3) is 0.346. The summed E-state index contributed by atoms with van der Waals surface area (Å²) in [4.78, 5) is 57.5. The first-order valence-electron chi connectivity index (χ1n) is 11.9. The second-order valence-electron chi connectivity index (χ2n) is 10.1. The van der Waals surface area contributed by atoms with Crippen molar-refractivity contribution in [2.75, 3.05) is 14.1 Å². The summed E-state index contributed by atoms with van der Waals surface area (Å²) in [6.07, 6.45) is 4.59. The van der Waals surface area contributed by atoms with Crippen molar-refractivity contribution in [1.29, 1.82) is 0 Å². The van der Waals surface area contributed by atoms with Crippen LogP contribution in [0.5, 0.6) is 5.75 Å². The zero-order valence-electron chi connectivity index (χ0n) is 20.6. The van der Waals surface area contributed by atoms with Crippen LogP contribution in [0.1, 0.15) is 27.9 Å². The van der Waals surface area contributed by atoms with E-state index in [4.69, 9.17) is 5.73 Å². The van der Waals surface area contributed by atoms with Gasteiger partial charge in [0.25, 0.3) is 5.91 Å². The van der Waals surface area contributed by atoms with Crippen LogP contribution in [-0.4, -0.2) is 83.9 Å². The molecule has 0 aliphatic heterocycles. The first-order chi connectivity index (χ1) is 17.9. The third kappa shape index (κ3) is 3.41. The number of imidazole rings is 1. The number of aliphatic hydroxyl groups excluding tert-OH is 2. The zero-order valence-corrected chi connectivity index (χ0v) is 20.6. The number of rotatable bonds is 5. The number of phenolic OH excluding ortho intramolecular Hbond substituents is 1. The highest BCUT2D eigenvalue weighted by Gasteiger charge is 2.64. The molecule has 1 heterocycles. The van der Waals surface area contributed by atoms with E-state index < -0.39 is 58.0 Å². The molecule has 3 aliphatic carbocycles. The molecular weight excluding hydrogens is 496 g/mol. The van der Waals surface area contributed by atoms with Crippen LogP contribution in [0.2, 0.25) is 0 Å². The molecular formula is C26H26N4O8. The number of hydrogen-bond donors (Lipinski definition) is 5. The van der Waals surface area contributed by atoms with Crippen molar-refractivity contribution < 1.29 is 39.6 Å². The molecule has 1 fully saturated rings. The zero-order chi connectivity index (χ0) is 27.7. The SMILES string of the molecule is CN(C)[C@@H]1C(=O)C(C(N)=O)=C(O)[C@@]2(O)C(=O)C3=C(O)c4c(O)ccc(C(=O)Cn5ccnc5)c4C[C@H]3C[C@@H]12. The summed E-state index contributed by atoms with van der Waals surface area (Å²) in [5.41, 5.74) is 1.89. The summed E-state index contributed by atoms with van der Waals surface area (Å²) < 4.78 is 1.57. The summed E-state index contributed by atoms with van der Waals surface area (Å²) in [7, 11) is 3.05. The minimum absolute atomic E-state index is 0.0357. The largest absolute Gasteiger partial charge is 0.508 e. The molecule has 0 unspecified atom stereocenters. The number of nitrogens with zero attached hydrogens (tertiary/aromatic N) is 3. The lowest BCUT2D eigenvalue weighted by molar-refractivity contribution is -0.153. The molecule has 0 saturated heterocycles. The number of likely N-dealkylation sites (N-methyl/N-ethyl adjacent to an activating group) is 1. The smallest absolute Gasteiger partial charge is 0.255 e. The second kappa shape index (κ2) is 8.64. The van der Waals surface area contributed by atoms with Crippen LogP contribution < -0.4 is 5.73 Å². The Morgan fingerprint density at radius 1 is 1.21 bits per heavy atom. The number of Topliss-reactive ketones (excluding diaryl/α,β-unsaturated/α-hetero) is 3. The van der Waals surface area contributed by atoms with Gasteiger partial charge in [-0.2, -0.15) is 0 Å². The van der Waals surface area contributed by atoms with Gasteiger partial charge in [-0.1, -0.05) is 0 Å². The van der Waals surface area contributed by atoms with E-state index in [-0.39, 0.29) is 47.6 Å². The van der Waals surface area contributed by atoms with Gasteiger partial charge in [0.05, 0.1) is 24.5 Å². The van der Waals surface area contributed by atoms with Crippen LogP contribution in [0.3, 0.4) is 0 Å². The van der Waals surface area contributed by atoms with Gasteiger partial charge in [0.2, 0.25) is 5.78 Å². The number of aromatic nitrogens is 2. The summed E-state index contributed by atoms with van der Waals surface area (Å²) in [6.45, 7) is -0.0493. The molecule has 12 heteroatoms. The van der Waals surface area contributed by atoms with Gasteiger partial charge in [0, 0.05) is 29.4 Å². The molecule has 6 N–H and O–H groups in total. The second-order valence-corrected chi connectivity index (χ2v) is 10.1. The number of phenols is 1. The highest BCUT2D eigenvalue weighted by atomic mass is 16.3. The number of carbonyl (C=O) groups is 4. The number of hydrogen-bond acceptors (Lipinski definition) is 10. The van der Waals surface area contributed by atoms with Crippen molar-refractivity contribution in [2.45, 2.75) is 31.0 Å². The fourth-order valence-electron chi connectivity index (χ4n) is 6.14. The highest BCUT2D eigenvalue weighted by Crippen LogP contribution is 2.52. The van der Waals surface area contributed by atoms with Gasteiger partial charge in [0.15, 0.2) is 17.2 Å². The van der Waals surface area contributed by atoms with E-state index in [2.05, 4.69) is 4.98 Å². The van der Waals surface area contributed by atoms with E-state index in [1.165, 1.54) is 43.7 Å². The van der Waals surface area contributed by atoms with Crippen molar-refractivity contribution in [1.82, 2.24) is 14.5 Å². The molecule has 1 aromatic carbocycles. The van der Waals surface area contributed by atoms with E-state index in [9.17, 15) is 39.6 Å². The maximum atomic E-state index is 13.8. The van der Waals surface area contributed by atoms with Crippen LogP contribution in [0.25, 0.3) is 5.76 Å². The predicted molar refractivity (Wildman–Crippen MR) is 131 cm³/mol. The number of primary amides is 1. The van der Waals surface area contributed by atoms with E-state index in [1.54, 1.807) is 10.8 Å². The van der Waals surface area contributed by atoms with Crippen molar-refractivity contribution >= 4 is 29.0 Å². The summed E-state index contributed by atoms with van der Waals surface area (Å²) in [5, 5.41) is 44.4. The number of aliphatic hydroxyl groups is 3. The van der Waals surface area contributed by atoms with Crippen LogP contribution in [0.15, 0.2) is 47.8 Å². The quantitative estimate of drug-likeness (QED) is 0.264. The molecule has 0 radical (unpaired) electrons. The number of nitrogens with two attached hydrogens (primary N) is 1. The molecule has 1 saturated carbocycles. The Morgan fingerprint density at radius 2 is 1.92 bits per heavy atom. The third-order valence-electron chi connectivity index (χ3n) is 7.79. The van der Waals surface area contributed by atoms with Gasteiger partial charge < -0.3 is 30.7 Å². The maximum Gasteiger partial charge on any atom is 0.255 e. The van der Waals surface area contributed by atoms with E-state index in [0.29, 0.717) is 5.56 Å². The number of aromatic hydroxyl groups is 1. The fourth-order valence-corrected chi connectivity index (χ4v) is 6.14. The highest BCUT2D eigenvalue weighted by molar-refractivity contribution is 6.24. The van der Waals surface area contributed by atoms with Crippen LogP contribution in [0.4, 0.5) is 0 Å². The van der Waals surface area contributed by atoms with Crippen LogP contribution >= 0.6 is 0 Å². The topological polar surface area (TPSA) is 196 Å². The molecule has 1 amide bonds. The summed E-state index contributed by atoms with van der Waals surface area (Å²) in [5.74, 6) is -7.68. The number of fused-ring (bicyclic) bond motifs is 3. The van der Waals surface area contributed by atoms with E-state index in [0.717, 1.165) is 0 Å². The molecule has 1 aromatic heterocycles. The molecule has 198 valence electrons. The Labute approximate surface area is 216 Å². The number of ketones is 3. The Hall–Kier alpha value is -4.29. The number of carbonyl (C=O) groups excluding carboxylic acids is 4. The molecule has 38 heavy (non-hydrogen) atoms. The van der Waals surface area contributed by atoms with E-state index >= 15 is 0 Å². The van der Waals surface area contributed by atoms with Crippen molar-refractivity contribution in [3.63, 3.8) is 0 Å². The molecule has 12 nitrogen and oxygen atoms in total. The number of benzene rings is 1. The molecule has 0 bridgehead atoms. The van der Waals surface area contributed by atoms with Crippen molar-refractivity contribution in [3.8, 4) is 5.75 Å². The molecule has 4 atom stereocenters. The first-order valence-corrected chi connectivity index (χ1v) is 11.9. The van der Waals surface area contributed by atoms with E-state index in [1.807, 2.05) is 0 Å². The van der Waals surface area contributed by atoms with Crippen molar-refractivity contribution in [2.24, 2.45) is 17.6 Å². The number of amides is 1. The van der Waals surface area contributed by atoms with Crippen LogP contribution in [-0.2, 0) is 27.3 Å². The Kier molecular flexibility index (Phi) is 5.76. The Bertz CT molecular complexity index is 1470. The lowest BCUT2D eigenvalue weighted by Crippen LogP contribution is -2.65. The molecule has 0 spiro atoms. The average Bonchev–Trinajstić information content (AvgIpc) is 3.34. The third-order valence-corrected chi connectivity index (χ3v) is 7.79. The van der Waals surface area contributed by atoms with Gasteiger partial charge in [-0.05, 0) is 50.6 Å². The minimum Gasteiger partial charge on any atom is -0.508 e. The monoisotopic (exact) mass is 522 g/mol. The van der Waals surface area contributed by atoms with Gasteiger partial charge in [0.1, 0.15) is 22.8 Å². The molecule has 3 aliphatic rings.